The molecular weight excluding hydrogens is 298 g/mol. The van der Waals surface area contributed by atoms with Crippen LogP contribution in [0.2, 0.25) is 0 Å². The van der Waals surface area contributed by atoms with Crippen molar-refractivity contribution in [1.29, 1.82) is 0 Å². The number of benzene rings is 1. The Kier molecular flexibility index (Phi) is 4.61. The van der Waals surface area contributed by atoms with Gasteiger partial charge in [-0.15, -0.1) is 11.3 Å². The molecule has 0 saturated carbocycles. The van der Waals surface area contributed by atoms with Gasteiger partial charge in [-0.1, -0.05) is 32.9 Å². The maximum Gasteiger partial charge on any atom is 0.267 e. The third kappa shape index (κ3) is 3.92. The monoisotopic (exact) mass is 317 g/mol. The van der Waals surface area contributed by atoms with Gasteiger partial charge >= 0.3 is 0 Å². The van der Waals surface area contributed by atoms with Gasteiger partial charge in [-0.3, -0.25) is 9.59 Å². The first kappa shape index (κ1) is 16.2. The molecule has 0 spiro atoms. The molecule has 1 aromatic heterocycles. The molecule has 2 aromatic rings. The second-order valence-corrected chi connectivity index (χ2v) is 6.93. The smallest absolute Gasteiger partial charge is 0.267 e. The van der Waals surface area contributed by atoms with Gasteiger partial charge in [-0.2, -0.15) is 0 Å². The molecule has 1 heterocycles. The molecule has 0 aliphatic heterocycles. The predicted molar refractivity (Wildman–Crippen MR) is 88.1 cm³/mol. The second kappa shape index (κ2) is 6.27. The molecule has 0 aliphatic rings. The highest BCUT2D eigenvalue weighted by Gasteiger charge is 2.24. The minimum absolute atomic E-state index is 0.171. The molecule has 0 saturated heterocycles. The van der Waals surface area contributed by atoms with E-state index in [2.05, 4.69) is 10.3 Å². The van der Waals surface area contributed by atoms with Crippen LogP contribution in [0.4, 0.5) is 5.69 Å². The number of rotatable bonds is 4. The fraction of sp³-hybridized carbons (Fsp3) is 0.312. The zero-order chi connectivity index (χ0) is 16.3. The number of carbonyl (C=O) groups excluding carboxylic acids is 2. The van der Waals surface area contributed by atoms with E-state index in [4.69, 9.17) is 5.73 Å². The van der Waals surface area contributed by atoms with Crippen LogP contribution in [-0.2, 0) is 16.6 Å². The van der Waals surface area contributed by atoms with E-state index in [1.807, 2.05) is 20.8 Å². The molecule has 2 amide bonds. The SMILES string of the molecule is CC(C)(C)c1ncsc1C(=O)Nc1ccc(CC(N)=O)cc1. The zero-order valence-corrected chi connectivity index (χ0v) is 13.7. The van der Waals surface area contributed by atoms with Crippen molar-refractivity contribution in [3.63, 3.8) is 0 Å². The molecule has 3 N–H and O–H groups in total. The van der Waals surface area contributed by atoms with Crippen molar-refractivity contribution in [1.82, 2.24) is 4.98 Å². The lowest BCUT2D eigenvalue weighted by molar-refractivity contribution is -0.117. The Morgan fingerprint density at radius 2 is 1.86 bits per heavy atom. The van der Waals surface area contributed by atoms with Crippen molar-refractivity contribution in [2.75, 3.05) is 5.32 Å². The van der Waals surface area contributed by atoms with Crippen LogP contribution in [-0.4, -0.2) is 16.8 Å². The molecule has 5 nitrogen and oxygen atoms in total. The quantitative estimate of drug-likeness (QED) is 0.909. The fourth-order valence-electron chi connectivity index (χ4n) is 2.04. The van der Waals surface area contributed by atoms with Crippen molar-refractivity contribution < 1.29 is 9.59 Å². The summed E-state index contributed by atoms with van der Waals surface area (Å²) in [6.45, 7) is 6.08. The molecule has 1 aromatic carbocycles. The van der Waals surface area contributed by atoms with Gasteiger partial charge in [0, 0.05) is 11.1 Å². The minimum atomic E-state index is -0.378. The van der Waals surface area contributed by atoms with E-state index < -0.39 is 0 Å². The van der Waals surface area contributed by atoms with Crippen LogP contribution in [0, 0.1) is 0 Å². The number of nitrogens with zero attached hydrogens (tertiary/aromatic N) is 1. The first-order chi connectivity index (χ1) is 10.3. The second-order valence-electron chi connectivity index (χ2n) is 6.07. The number of anilines is 1. The van der Waals surface area contributed by atoms with Crippen molar-refractivity contribution in [2.45, 2.75) is 32.6 Å². The summed E-state index contributed by atoms with van der Waals surface area (Å²) in [7, 11) is 0. The van der Waals surface area contributed by atoms with Crippen LogP contribution < -0.4 is 11.1 Å². The van der Waals surface area contributed by atoms with Crippen LogP contribution in [0.3, 0.4) is 0 Å². The summed E-state index contributed by atoms with van der Waals surface area (Å²) in [5.41, 5.74) is 8.94. The van der Waals surface area contributed by atoms with Gasteiger partial charge in [0.2, 0.25) is 5.91 Å². The number of hydrogen-bond donors (Lipinski definition) is 2. The summed E-state index contributed by atoms with van der Waals surface area (Å²) in [6, 6.07) is 7.07. The topological polar surface area (TPSA) is 85.1 Å². The van der Waals surface area contributed by atoms with E-state index in [0.717, 1.165) is 11.3 Å². The van der Waals surface area contributed by atoms with Gasteiger partial charge < -0.3 is 11.1 Å². The summed E-state index contributed by atoms with van der Waals surface area (Å²) in [4.78, 5) is 28.2. The molecule has 0 radical (unpaired) electrons. The van der Waals surface area contributed by atoms with Crippen molar-refractivity contribution in [3.05, 3.63) is 45.9 Å². The van der Waals surface area contributed by atoms with Gasteiger partial charge in [0.15, 0.2) is 0 Å². The molecular formula is C16H19N3O2S. The normalized spacial score (nSPS) is 11.2. The Labute approximate surface area is 133 Å². The molecule has 6 heteroatoms. The van der Waals surface area contributed by atoms with Crippen LogP contribution in [0.15, 0.2) is 29.8 Å². The molecule has 0 aliphatic carbocycles. The number of carbonyl (C=O) groups is 2. The Balaban J connectivity index is 2.13. The van der Waals surface area contributed by atoms with E-state index >= 15 is 0 Å². The molecule has 116 valence electrons. The summed E-state index contributed by atoms with van der Waals surface area (Å²) < 4.78 is 0. The third-order valence-corrected chi connectivity index (χ3v) is 3.90. The number of aromatic nitrogens is 1. The maximum absolute atomic E-state index is 12.4. The van der Waals surface area contributed by atoms with Gasteiger partial charge in [-0.05, 0) is 17.7 Å². The predicted octanol–water partition coefficient (Wildman–Crippen LogP) is 2.72. The van der Waals surface area contributed by atoms with Crippen molar-refractivity contribution in [2.24, 2.45) is 5.73 Å². The van der Waals surface area contributed by atoms with Crippen LogP contribution in [0.25, 0.3) is 0 Å². The van der Waals surface area contributed by atoms with Gasteiger partial charge in [0.1, 0.15) is 4.88 Å². The first-order valence-corrected chi connectivity index (χ1v) is 7.78. The van der Waals surface area contributed by atoms with E-state index in [9.17, 15) is 9.59 Å². The Hall–Kier alpha value is -2.21. The highest BCUT2D eigenvalue weighted by molar-refractivity contribution is 7.12. The highest BCUT2D eigenvalue weighted by atomic mass is 32.1. The summed E-state index contributed by atoms with van der Waals surface area (Å²) in [5.74, 6) is -0.550. The van der Waals surface area contributed by atoms with Crippen LogP contribution in [0.1, 0.15) is 41.7 Å². The lowest BCUT2D eigenvalue weighted by Crippen LogP contribution is -2.19. The van der Waals surface area contributed by atoms with E-state index in [1.54, 1.807) is 29.8 Å². The van der Waals surface area contributed by atoms with Gasteiger partial charge in [0.05, 0.1) is 17.6 Å². The number of nitrogens with two attached hydrogens (primary N) is 1. The third-order valence-electron chi connectivity index (χ3n) is 3.07. The number of nitrogens with one attached hydrogen (secondary N) is 1. The fourth-order valence-corrected chi connectivity index (χ4v) is 2.93. The number of hydrogen-bond acceptors (Lipinski definition) is 4. The van der Waals surface area contributed by atoms with Gasteiger partial charge in [0.25, 0.3) is 5.91 Å². The molecule has 22 heavy (non-hydrogen) atoms. The van der Waals surface area contributed by atoms with E-state index in [-0.39, 0.29) is 23.7 Å². The average molecular weight is 317 g/mol. The number of primary amides is 1. The van der Waals surface area contributed by atoms with Crippen molar-refractivity contribution >= 4 is 28.8 Å². The standard InChI is InChI=1S/C16H19N3O2S/c1-16(2,3)14-13(22-9-18-14)15(21)19-11-6-4-10(5-7-11)8-12(17)20/h4-7,9H,8H2,1-3H3,(H2,17,20)(H,19,21). The average Bonchev–Trinajstić information content (AvgIpc) is 2.89. The summed E-state index contributed by atoms with van der Waals surface area (Å²) >= 11 is 1.33. The Morgan fingerprint density at radius 3 is 2.41 bits per heavy atom. The summed E-state index contributed by atoms with van der Waals surface area (Å²) in [6.07, 6.45) is 0.192. The zero-order valence-electron chi connectivity index (χ0n) is 12.8. The number of amides is 2. The highest BCUT2D eigenvalue weighted by Crippen LogP contribution is 2.27. The molecule has 0 atom stereocenters. The summed E-state index contributed by atoms with van der Waals surface area (Å²) in [5, 5.41) is 2.85. The van der Waals surface area contributed by atoms with Crippen LogP contribution >= 0.6 is 11.3 Å². The molecule has 2 rings (SSSR count). The Bertz CT molecular complexity index is 684. The molecule has 0 fully saturated rings. The maximum atomic E-state index is 12.4. The van der Waals surface area contributed by atoms with Crippen molar-refractivity contribution in [3.8, 4) is 0 Å². The lowest BCUT2D eigenvalue weighted by Gasteiger charge is -2.17. The first-order valence-electron chi connectivity index (χ1n) is 6.90. The number of thiazole rings is 1. The van der Waals surface area contributed by atoms with Gasteiger partial charge in [-0.25, -0.2) is 4.98 Å². The Morgan fingerprint density at radius 1 is 1.23 bits per heavy atom. The van der Waals surface area contributed by atoms with Crippen LogP contribution in [0.5, 0.6) is 0 Å². The van der Waals surface area contributed by atoms with E-state index in [1.165, 1.54) is 11.3 Å². The molecule has 0 unspecified atom stereocenters. The molecule has 0 bridgehead atoms. The minimum Gasteiger partial charge on any atom is -0.369 e. The lowest BCUT2D eigenvalue weighted by atomic mass is 9.91. The van der Waals surface area contributed by atoms with E-state index in [0.29, 0.717) is 10.6 Å². The largest absolute Gasteiger partial charge is 0.369 e.